The Labute approximate surface area is 456 Å². The van der Waals surface area contributed by atoms with Crippen molar-refractivity contribution in [3.63, 3.8) is 0 Å². The lowest BCUT2D eigenvalue weighted by molar-refractivity contribution is 0.779. The van der Waals surface area contributed by atoms with Gasteiger partial charge in [-0.3, -0.25) is 0 Å². The van der Waals surface area contributed by atoms with Gasteiger partial charge in [-0.25, -0.2) is 0 Å². The maximum Gasteiger partial charge on any atom is 0.0620 e. The van der Waals surface area contributed by atoms with E-state index in [4.69, 9.17) is 0 Å². The molecule has 0 N–H and O–H groups in total. The summed E-state index contributed by atoms with van der Waals surface area (Å²) in [7, 11) is 0. The lowest BCUT2D eigenvalue weighted by atomic mass is 9.90. The first-order chi connectivity index (χ1) is 37.2. The van der Waals surface area contributed by atoms with Crippen LogP contribution in [0.25, 0.3) is 45.8 Å². The first-order valence-corrected chi connectivity index (χ1v) is 28.7. The van der Waals surface area contributed by atoms with Crippen LogP contribution in [0, 0.1) is 27.7 Å². The molecule has 9 aromatic rings. The van der Waals surface area contributed by atoms with Crippen LogP contribution in [0.4, 0.5) is 34.1 Å². The molecule has 0 aliphatic heterocycles. The highest BCUT2D eigenvalue weighted by Crippen LogP contribution is 2.53. The molecular formula is C74H80N2. The Hall–Kier alpha value is -7.42. The molecule has 386 valence electrons. The van der Waals surface area contributed by atoms with Crippen LogP contribution < -0.4 is 9.80 Å². The van der Waals surface area contributed by atoms with E-state index in [0.29, 0.717) is 0 Å². The average molecular weight is 997 g/mol. The molecule has 0 heterocycles. The molecule has 2 heteroatoms. The highest BCUT2D eigenvalue weighted by atomic mass is 15.2. The molecule has 0 bridgehead atoms. The maximum absolute atomic E-state index is 2.68. The third kappa shape index (κ3) is 12.3. The average Bonchev–Trinajstić information content (AvgIpc) is 3.45. The third-order valence-electron chi connectivity index (χ3n) is 15.2. The maximum atomic E-state index is 2.68. The van der Waals surface area contributed by atoms with Crippen molar-refractivity contribution in [2.45, 2.75) is 132 Å². The van der Waals surface area contributed by atoms with Crippen molar-refractivity contribution < 1.29 is 0 Å². The molecule has 0 atom stereocenters. The van der Waals surface area contributed by atoms with Crippen molar-refractivity contribution in [1.82, 2.24) is 0 Å². The molecule has 2 nitrogen and oxygen atoms in total. The summed E-state index contributed by atoms with van der Waals surface area (Å²) in [6.45, 7) is 18.2. The lowest BCUT2D eigenvalue weighted by Gasteiger charge is -2.36. The van der Waals surface area contributed by atoms with Crippen molar-refractivity contribution in [2.24, 2.45) is 0 Å². The zero-order chi connectivity index (χ0) is 53.0. The van der Waals surface area contributed by atoms with Gasteiger partial charge in [0, 0.05) is 32.9 Å². The van der Waals surface area contributed by atoms with Gasteiger partial charge >= 0.3 is 0 Å². The Balaban J connectivity index is 1.34. The van der Waals surface area contributed by atoms with Crippen LogP contribution in [0.5, 0.6) is 0 Å². The number of nitrogens with zero attached hydrogens (tertiary/aromatic N) is 2. The summed E-state index contributed by atoms with van der Waals surface area (Å²) in [5.74, 6) is 0. The summed E-state index contributed by atoms with van der Waals surface area (Å²) in [5, 5.41) is 4.96. The number of benzene rings is 9. The minimum Gasteiger partial charge on any atom is -0.309 e. The Morgan fingerprint density at radius 2 is 0.539 bits per heavy atom. The number of rotatable bonds is 22. The van der Waals surface area contributed by atoms with E-state index in [1.54, 1.807) is 0 Å². The largest absolute Gasteiger partial charge is 0.309 e. The van der Waals surface area contributed by atoms with Gasteiger partial charge in [-0.2, -0.15) is 0 Å². The molecule has 0 amide bonds. The van der Waals surface area contributed by atoms with Gasteiger partial charge in [0.05, 0.1) is 22.7 Å². The van der Waals surface area contributed by atoms with E-state index in [2.05, 4.69) is 259 Å². The minimum absolute atomic E-state index is 1.02. The molecule has 9 aromatic carbocycles. The van der Waals surface area contributed by atoms with E-state index in [1.807, 2.05) is 0 Å². The molecule has 0 spiro atoms. The van der Waals surface area contributed by atoms with Gasteiger partial charge in [-0.15, -0.1) is 0 Å². The first-order valence-electron chi connectivity index (χ1n) is 28.7. The van der Waals surface area contributed by atoms with Crippen LogP contribution in [0.2, 0.25) is 0 Å². The number of unbranched alkanes of at least 4 members (excludes halogenated alkanes) is 4. The van der Waals surface area contributed by atoms with Crippen LogP contribution in [0.1, 0.15) is 146 Å². The number of hydrogen-bond acceptors (Lipinski definition) is 2. The Morgan fingerprint density at radius 3 is 0.789 bits per heavy atom. The van der Waals surface area contributed by atoms with E-state index >= 15 is 0 Å². The van der Waals surface area contributed by atoms with Crippen LogP contribution in [0.3, 0.4) is 0 Å². The summed E-state index contributed by atoms with van der Waals surface area (Å²) in [6, 6.07) is 64.9. The number of hydrogen-bond donors (Lipinski definition) is 0. The highest BCUT2D eigenvalue weighted by molar-refractivity contribution is 6.23. The smallest absolute Gasteiger partial charge is 0.0620 e. The second kappa shape index (κ2) is 25.4. The summed E-state index contributed by atoms with van der Waals surface area (Å²) < 4.78 is 0. The van der Waals surface area contributed by atoms with Crippen molar-refractivity contribution in [1.29, 1.82) is 0 Å². The number of anilines is 6. The SMILES string of the molecule is CCCCc1cc(C)cc(CCCC)c1N(c1ccc(/C=C/c2ccc(C)cc2)cc1)c1c2ccccc2c(N(c2ccc(/C=C/c3ccc(C)cc3)cc2)c2c(CCCC)cc(C)cc2CCCC)c2ccccc12. The molecule has 0 fully saturated rings. The van der Waals surface area contributed by atoms with Crippen LogP contribution in [-0.4, -0.2) is 0 Å². The standard InChI is InChI=1S/C74H80N2/c1-9-13-21-61-49-55(7)50-62(22-14-10-2)71(61)75(65-45-41-59(42-46-65)39-37-57-33-29-53(5)30-34-57)73-67-25-17-19-27-69(67)74(70-28-20-18-26-68(70)73)76(72-63(23-15-11-3)51-56(8)52-64(72)24-16-12-4)66-47-43-60(44-48-66)40-38-58-35-31-54(6)32-36-58/h17-20,25-52H,9-16,21-24H2,1-8H3/b39-37+,40-38+. The zero-order valence-electron chi connectivity index (χ0n) is 46.9. The lowest BCUT2D eigenvalue weighted by Crippen LogP contribution is -2.19. The normalized spacial score (nSPS) is 11.7. The Kier molecular flexibility index (Phi) is 17.9. The fourth-order valence-electron chi connectivity index (χ4n) is 11.2. The van der Waals surface area contributed by atoms with Crippen molar-refractivity contribution in [3.8, 4) is 0 Å². The Morgan fingerprint density at radius 1 is 0.289 bits per heavy atom. The predicted molar refractivity (Wildman–Crippen MR) is 335 cm³/mol. The van der Waals surface area contributed by atoms with Crippen LogP contribution in [0.15, 0.2) is 170 Å². The molecule has 0 saturated heterocycles. The Bertz CT molecular complexity index is 3080. The third-order valence-corrected chi connectivity index (χ3v) is 15.2. The second-order valence-corrected chi connectivity index (χ2v) is 21.4. The van der Waals surface area contributed by atoms with E-state index < -0.39 is 0 Å². The summed E-state index contributed by atoms with van der Waals surface area (Å²) in [5.41, 5.74) is 23.2. The molecule has 76 heavy (non-hydrogen) atoms. The summed E-state index contributed by atoms with van der Waals surface area (Å²) in [6.07, 6.45) is 22.1. The molecule has 0 aliphatic carbocycles. The second-order valence-electron chi connectivity index (χ2n) is 21.4. The molecular weight excluding hydrogens is 917 g/mol. The molecule has 0 saturated carbocycles. The van der Waals surface area contributed by atoms with E-state index in [1.165, 1.54) is 122 Å². The van der Waals surface area contributed by atoms with Gasteiger partial charge < -0.3 is 9.80 Å². The van der Waals surface area contributed by atoms with Gasteiger partial charge in [0.2, 0.25) is 0 Å². The van der Waals surface area contributed by atoms with Gasteiger partial charge in [-0.1, -0.05) is 246 Å². The summed E-state index contributed by atoms with van der Waals surface area (Å²) in [4.78, 5) is 5.37. The van der Waals surface area contributed by atoms with E-state index in [9.17, 15) is 0 Å². The van der Waals surface area contributed by atoms with E-state index in [0.717, 1.165) is 77.0 Å². The molecule has 9 rings (SSSR count). The van der Waals surface area contributed by atoms with Crippen molar-refractivity contribution in [3.05, 3.63) is 237 Å². The van der Waals surface area contributed by atoms with Crippen LogP contribution in [-0.2, 0) is 25.7 Å². The molecule has 0 radical (unpaired) electrons. The number of fused-ring (bicyclic) bond motifs is 2. The van der Waals surface area contributed by atoms with Crippen molar-refractivity contribution >= 4 is 80.0 Å². The van der Waals surface area contributed by atoms with E-state index in [-0.39, 0.29) is 0 Å². The monoisotopic (exact) mass is 997 g/mol. The molecule has 0 unspecified atom stereocenters. The molecule has 0 aliphatic rings. The first kappa shape index (κ1) is 53.4. The zero-order valence-corrected chi connectivity index (χ0v) is 46.9. The van der Waals surface area contributed by atoms with Gasteiger partial charge in [0.1, 0.15) is 0 Å². The van der Waals surface area contributed by atoms with Crippen LogP contribution >= 0.6 is 0 Å². The fraction of sp³-hybridized carbons (Fsp3) is 0.270. The predicted octanol–water partition coefficient (Wildman–Crippen LogP) is 21.9. The number of aryl methyl sites for hydroxylation is 8. The minimum atomic E-state index is 1.02. The fourth-order valence-corrected chi connectivity index (χ4v) is 11.2. The van der Waals surface area contributed by atoms with Gasteiger partial charge in [0.15, 0.2) is 0 Å². The molecule has 0 aromatic heterocycles. The summed E-state index contributed by atoms with van der Waals surface area (Å²) >= 11 is 0. The highest BCUT2D eigenvalue weighted by Gasteiger charge is 2.29. The topological polar surface area (TPSA) is 6.48 Å². The quantitative estimate of drug-likeness (QED) is 0.0379. The van der Waals surface area contributed by atoms with Gasteiger partial charge in [-0.05, 0) is 148 Å². The van der Waals surface area contributed by atoms with Crippen molar-refractivity contribution in [2.75, 3.05) is 9.80 Å². The van der Waals surface area contributed by atoms with Gasteiger partial charge in [0.25, 0.3) is 0 Å².